The van der Waals surface area contributed by atoms with Gasteiger partial charge in [0.1, 0.15) is 11.5 Å². The van der Waals surface area contributed by atoms with Crippen LogP contribution in [0.2, 0.25) is 0 Å². The van der Waals surface area contributed by atoms with Gasteiger partial charge in [-0.1, -0.05) is 23.3 Å². The van der Waals surface area contributed by atoms with Gasteiger partial charge in [0, 0.05) is 33.6 Å². The summed E-state index contributed by atoms with van der Waals surface area (Å²) in [5, 5.41) is 26.9. The third-order valence-electron chi connectivity index (χ3n) is 5.45. The van der Waals surface area contributed by atoms with Crippen molar-refractivity contribution in [3.8, 4) is 11.5 Å². The molecule has 0 aliphatic rings. The minimum Gasteiger partial charge on any atom is -0.507 e. The van der Waals surface area contributed by atoms with Crippen LogP contribution in [0.15, 0.2) is 95.1 Å². The molecule has 10 heteroatoms. The molecule has 0 saturated heterocycles. The van der Waals surface area contributed by atoms with Crippen LogP contribution in [-0.2, 0) is 0 Å². The van der Waals surface area contributed by atoms with Crippen molar-refractivity contribution < 1.29 is 19.8 Å². The molecule has 0 aliphatic carbocycles. The van der Waals surface area contributed by atoms with Crippen molar-refractivity contribution in [3.05, 3.63) is 118 Å². The van der Waals surface area contributed by atoms with Crippen molar-refractivity contribution in [2.75, 3.05) is 11.5 Å². The third-order valence-corrected chi connectivity index (χ3v) is 5.45. The molecule has 8 N–H and O–H groups in total. The summed E-state index contributed by atoms with van der Waals surface area (Å²) in [4.78, 5) is 23.5. The van der Waals surface area contributed by atoms with Crippen LogP contribution >= 0.6 is 0 Å². The molecule has 204 valence electrons. The van der Waals surface area contributed by atoms with Gasteiger partial charge in [-0.2, -0.15) is 10.2 Å². The van der Waals surface area contributed by atoms with Crippen molar-refractivity contribution in [1.82, 2.24) is 10.9 Å². The van der Waals surface area contributed by atoms with Crippen molar-refractivity contribution >= 4 is 35.6 Å². The van der Waals surface area contributed by atoms with Gasteiger partial charge in [0.05, 0.1) is 12.4 Å². The number of aryl methyl sites for hydroxylation is 2. The first-order valence-corrected chi connectivity index (χ1v) is 12.1. The summed E-state index contributed by atoms with van der Waals surface area (Å²) < 4.78 is 0. The van der Waals surface area contributed by atoms with Gasteiger partial charge < -0.3 is 21.7 Å². The lowest BCUT2D eigenvalue weighted by molar-refractivity contribution is 0.0947. The van der Waals surface area contributed by atoms with E-state index in [4.69, 9.17) is 11.5 Å². The Morgan fingerprint density at radius 2 is 0.975 bits per heavy atom. The van der Waals surface area contributed by atoms with Crippen LogP contribution in [0.4, 0.5) is 11.4 Å². The molecule has 40 heavy (non-hydrogen) atoms. The maximum absolute atomic E-state index is 11.8. The highest BCUT2D eigenvalue weighted by Gasteiger charge is 2.05. The highest BCUT2D eigenvalue weighted by Crippen LogP contribution is 2.16. The van der Waals surface area contributed by atoms with E-state index in [1.807, 2.05) is 13.8 Å². The monoisotopic (exact) mass is 538 g/mol. The lowest BCUT2D eigenvalue weighted by Crippen LogP contribution is -2.17. The number of nitrogen functional groups attached to an aromatic ring is 2. The summed E-state index contributed by atoms with van der Waals surface area (Å²) in [5.41, 5.74) is 21.1. The fraction of sp³-hybridized carbons (Fsp3) is 0.0667. The number of nitrogens with zero attached hydrogens (tertiary/aromatic N) is 2. The summed E-state index contributed by atoms with van der Waals surface area (Å²) in [6.07, 6.45) is 2.80. The second-order valence-corrected chi connectivity index (χ2v) is 8.77. The molecule has 4 aromatic carbocycles. The van der Waals surface area contributed by atoms with Crippen molar-refractivity contribution in [1.29, 1.82) is 0 Å². The van der Waals surface area contributed by atoms with Crippen molar-refractivity contribution in [2.24, 2.45) is 10.2 Å². The first-order valence-electron chi connectivity index (χ1n) is 12.1. The van der Waals surface area contributed by atoms with E-state index in [1.54, 1.807) is 84.9 Å². The van der Waals surface area contributed by atoms with Gasteiger partial charge in [-0.15, -0.1) is 0 Å². The Bertz CT molecular complexity index is 1410. The van der Waals surface area contributed by atoms with Crippen LogP contribution in [-0.4, -0.2) is 34.5 Å². The highest BCUT2D eigenvalue weighted by molar-refractivity contribution is 5.96. The van der Waals surface area contributed by atoms with E-state index in [0.29, 0.717) is 33.6 Å². The van der Waals surface area contributed by atoms with Crippen LogP contribution < -0.4 is 22.3 Å². The van der Waals surface area contributed by atoms with E-state index in [2.05, 4.69) is 21.1 Å². The summed E-state index contributed by atoms with van der Waals surface area (Å²) in [6, 6.07) is 23.3. The van der Waals surface area contributed by atoms with Gasteiger partial charge in [0.25, 0.3) is 11.8 Å². The fourth-order valence-corrected chi connectivity index (χ4v) is 3.27. The van der Waals surface area contributed by atoms with Crippen LogP contribution in [0.5, 0.6) is 11.5 Å². The maximum Gasteiger partial charge on any atom is 0.271 e. The molecule has 2 amide bonds. The topological polar surface area (TPSA) is 175 Å². The maximum atomic E-state index is 11.8. The standard InChI is InChI=1S/2C15H15N3O2/c2*1-10-2-7-14(19)12(8-10)9-17-18-15(20)11-3-5-13(16)6-4-11/h2*2-9,19H,16H2,1H3,(H,18,20)/b2*17-9+. The number of nitrogens with one attached hydrogen (secondary N) is 2. The number of nitrogens with two attached hydrogens (primary N) is 2. The Hall–Kier alpha value is -5.64. The van der Waals surface area contributed by atoms with Gasteiger partial charge in [0.2, 0.25) is 0 Å². The number of carbonyl (C=O) groups excluding carboxylic acids is 2. The summed E-state index contributed by atoms with van der Waals surface area (Å²) in [5.74, 6) is -0.455. The average Bonchev–Trinajstić information content (AvgIpc) is 2.93. The van der Waals surface area contributed by atoms with Crippen molar-refractivity contribution in [2.45, 2.75) is 13.8 Å². The molecule has 0 bridgehead atoms. The summed E-state index contributed by atoms with van der Waals surface area (Å²) in [6.45, 7) is 3.81. The van der Waals surface area contributed by atoms with Crippen molar-refractivity contribution in [3.63, 3.8) is 0 Å². The average molecular weight is 539 g/mol. The van der Waals surface area contributed by atoms with Crippen LogP contribution in [0.1, 0.15) is 43.0 Å². The minimum absolute atomic E-state index is 0.112. The molecule has 10 nitrogen and oxygen atoms in total. The zero-order valence-corrected chi connectivity index (χ0v) is 22.0. The highest BCUT2D eigenvalue weighted by atomic mass is 16.3. The third kappa shape index (κ3) is 8.73. The Morgan fingerprint density at radius 1 is 0.625 bits per heavy atom. The molecular weight excluding hydrogens is 508 g/mol. The van der Waals surface area contributed by atoms with Crippen LogP contribution in [0, 0.1) is 13.8 Å². The van der Waals surface area contributed by atoms with E-state index < -0.39 is 0 Å². The van der Waals surface area contributed by atoms with E-state index in [9.17, 15) is 19.8 Å². The van der Waals surface area contributed by atoms with E-state index >= 15 is 0 Å². The second-order valence-electron chi connectivity index (χ2n) is 8.77. The molecule has 0 saturated carbocycles. The smallest absolute Gasteiger partial charge is 0.271 e. The van der Waals surface area contributed by atoms with E-state index in [1.165, 1.54) is 12.4 Å². The number of anilines is 2. The molecule has 4 aromatic rings. The number of amides is 2. The number of aromatic hydroxyl groups is 2. The number of carbonyl (C=O) groups is 2. The largest absolute Gasteiger partial charge is 0.507 e. The van der Waals surface area contributed by atoms with E-state index in [-0.39, 0.29) is 23.3 Å². The number of phenolic OH excluding ortho intramolecular Hbond substituents is 2. The number of benzene rings is 4. The quantitative estimate of drug-likeness (QED) is 0.122. The fourth-order valence-electron chi connectivity index (χ4n) is 3.27. The van der Waals surface area contributed by atoms with Gasteiger partial charge in [-0.05, 0) is 86.6 Å². The SMILES string of the molecule is Cc1ccc(O)c(/C=N/NC(=O)c2ccc(N)cc2)c1.Cc1ccc(O)c(/C=N/NC(=O)c2ccc(N)cc2)c1. The number of hydrazone groups is 2. The molecule has 4 rings (SSSR count). The molecule has 0 aliphatic heterocycles. The summed E-state index contributed by atoms with van der Waals surface area (Å²) >= 11 is 0. The first kappa shape index (κ1) is 28.9. The van der Waals surface area contributed by atoms with Crippen LogP contribution in [0.25, 0.3) is 0 Å². The summed E-state index contributed by atoms with van der Waals surface area (Å²) in [7, 11) is 0. The molecule has 0 aromatic heterocycles. The van der Waals surface area contributed by atoms with Gasteiger partial charge in [-0.3, -0.25) is 9.59 Å². The molecule has 0 fully saturated rings. The zero-order chi connectivity index (χ0) is 29.1. The second kappa shape index (κ2) is 13.8. The van der Waals surface area contributed by atoms with Gasteiger partial charge in [-0.25, -0.2) is 10.9 Å². The van der Waals surface area contributed by atoms with Crippen LogP contribution in [0.3, 0.4) is 0 Å². The Balaban J connectivity index is 0.000000220. The molecule has 0 heterocycles. The molecule has 0 unspecified atom stereocenters. The van der Waals surface area contributed by atoms with Gasteiger partial charge >= 0.3 is 0 Å². The Kier molecular flexibility index (Phi) is 9.96. The normalized spacial score (nSPS) is 10.7. The molecular formula is C30H30N6O4. The number of hydrogen-bond acceptors (Lipinski definition) is 8. The number of rotatable bonds is 6. The lowest BCUT2D eigenvalue weighted by atomic mass is 10.1. The lowest BCUT2D eigenvalue weighted by Gasteiger charge is -2.02. The van der Waals surface area contributed by atoms with E-state index in [0.717, 1.165) is 11.1 Å². The predicted octanol–water partition coefficient (Wildman–Crippen LogP) is 4.09. The van der Waals surface area contributed by atoms with Gasteiger partial charge in [0.15, 0.2) is 0 Å². The number of hydrogen-bond donors (Lipinski definition) is 6. The molecule has 0 spiro atoms. The zero-order valence-electron chi connectivity index (χ0n) is 22.0. The number of phenols is 2. The Labute approximate surface area is 231 Å². The minimum atomic E-state index is -0.339. The predicted molar refractivity (Wildman–Crippen MR) is 158 cm³/mol. The Morgan fingerprint density at radius 3 is 1.32 bits per heavy atom. The first-order chi connectivity index (χ1) is 19.1. The molecule has 0 atom stereocenters. The molecule has 0 radical (unpaired) electrons.